The van der Waals surface area contributed by atoms with Crippen molar-refractivity contribution >= 4 is 0 Å². The topological polar surface area (TPSA) is 50.1 Å². The second-order valence-electron chi connectivity index (χ2n) is 14.8. The highest BCUT2D eigenvalue weighted by Crippen LogP contribution is 2.23. The molecule has 3 nitrogen and oxygen atoms in total. The number of rotatable bonds is 15. The molecule has 1 aliphatic carbocycles. The summed E-state index contributed by atoms with van der Waals surface area (Å²) in [4.78, 5) is 0. The molecule has 0 radical (unpaired) electrons. The molecule has 3 atom stereocenters. The first kappa shape index (κ1) is 79.0. The van der Waals surface area contributed by atoms with Gasteiger partial charge in [0.2, 0.25) is 0 Å². The fourth-order valence-corrected chi connectivity index (χ4v) is 3.50. The van der Waals surface area contributed by atoms with Gasteiger partial charge in [-0.15, -0.1) is 6.58 Å². The molecule has 0 fully saturated rings. The molecular formula is C52H120FN3. The summed E-state index contributed by atoms with van der Waals surface area (Å²) in [7, 11) is 2.06. The van der Waals surface area contributed by atoms with E-state index in [1.807, 2.05) is 61.5 Å². The molecule has 350 valence electrons. The van der Waals surface area contributed by atoms with Crippen LogP contribution in [-0.4, -0.2) is 32.7 Å². The normalized spacial score (nSPS) is 12.6. The van der Waals surface area contributed by atoms with E-state index in [2.05, 4.69) is 146 Å². The minimum Gasteiger partial charge on any atom is -0.331 e. The van der Waals surface area contributed by atoms with Gasteiger partial charge in [-0.1, -0.05) is 221 Å². The Kier molecular flexibility index (Phi) is 121. The highest BCUT2D eigenvalue weighted by molar-refractivity contribution is 5.19. The Hall–Kier alpha value is -1.23. The Morgan fingerprint density at radius 2 is 1.27 bits per heavy atom. The molecule has 3 unspecified atom stereocenters. The fourth-order valence-electron chi connectivity index (χ4n) is 3.50. The summed E-state index contributed by atoms with van der Waals surface area (Å²) < 4.78 is 10.8. The lowest BCUT2D eigenvalue weighted by atomic mass is 9.91. The van der Waals surface area contributed by atoms with Gasteiger partial charge in [0, 0.05) is 7.47 Å². The highest BCUT2D eigenvalue weighted by atomic mass is 19.1. The Morgan fingerprint density at radius 1 is 0.821 bits per heavy atom. The maximum Gasteiger partial charge on any atom is 0.0826 e. The minimum atomic E-state index is 0. The van der Waals surface area contributed by atoms with Crippen LogP contribution < -0.4 is 16.4 Å². The smallest absolute Gasteiger partial charge is 0.0826 e. The predicted molar refractivity (Wildman–Crippen MR) is 273 cm³/mol. The van der Waals surface area contributed by atoms with E-state index in [4.69, 9.17) is 5.73 Å². The third kappa shape index (κ3) is 132. The molecule has 1 rings (SSSR count). The van der Waals surface area contributed by atoms with Crippen molar-refractivity contribution < 1.29 is 5.82 Å². The summed E-state index contributed by atoms with van der Waals surface area (Å²) in [6.45, 7) is 55.7. The third-order valence-electron chi connectivity index (χ3n) is 6.79. The molecule has 0 aliphatic heterocycles. The van der Waals surface area contributed by atoms with E-state index in [1.165, 1.54) is 63.9 Å². The van der Waals surface area contributed by atoms with Crippen molar-refractivity contribution in [2.75, 3.05) is 26.7 Å². The number of allylic oxidation sites excluding steroid dienone is 6. The molecular weight excluding hydrogens is 686 g/mol. The quantitative estimate of drug-likeness (QED) is 0.114. The zero-order chi connectivity index (χ0) is 46.6. The summed E-state index contributed by atoms with van der Waals surface area (Å²) in [5.74, 6) is 4.16. The molecule has 0 saturated heterocycles. The molecule has 0 aromatic carbocycles. The molecule has 0 amide bonds. The first-order valence-electron chi connectivity index (χ1n) is 23.9. The maximum absolute atomic E-state index is 10.8. The largest absolute Gasteiger partial charge is 0.331 e. The third-order valence-corrected chi connectivity index (χ3v) is 6.79. The molecule has 56 heavy (non-hydrogen) atoms. The van der Waals surface area contributed by atoms with Gasteiger partial charge >= 0.3 is 0 Å². The van der Waals surface area contributed by atoms with Crippen molar-refractivity contribution in [1.29, 1.82) is 0 Å². The van der Waals surface area contributed by atoms with Gasteiger partial charge in [0.25, 0.3) is 0 Å². The van der Waals surface area contributed by atoms with Crippen molar-refractivity contribution in [3.63, 3.8) is 0 Å². The van der Waals surface area contributed by atoms with Crippen molar-refractivity contribution in [3.05, 3.63) is 48.9 Å². The van der Waals surface area contributed by atoms with Crippen LogP contribution in [0.4, 0.5) is 4.39 Å². The van der Waals surface area contributed by atoms with Crippen LogP contribution in [0, 0.1) is 29.6 Å². The van der Waals surface area contributed by atoms with Crippen LogP contribution in [-0.2, 0) is 0 Å². The second-order valence-corrected chi connectivity index (χ2v) is 14.8. The van der Waals surface area contributed by atoms with Crippen molar-refractivity contribution in [1.82, 2.24) is 10.6 Å². The lowest BCUT2D eigenvalue weighted by Crippen LogP contribution is -2.25. The van der Waals surface area contributed by atoms with Gasteiger partial charge in [0.15, 0.2) is 0 Å². The van der Waals surface area contributed by atoms with Gasteiger partial charge in [-0.05, 0) is 101 Å². The van der Waals surface area contributed by atoms with E-state index in [9.17, 15) is 4.39 Å². The summed E-state index contributed by atoms with van der Waals surface area (Å²) in [6.07, 6.45) is 24.3. The summed E-state index contributed by atoms with van der Waals surface area (Å²) >= 11 is 0. The van der Waals surface area contributed by atoms with E-state index in [1.54, 1.807) is 5.57 Å². The van der Waals surface area contributed by atoms with Crippen LogP contribution >= 0.6 is 0 Å². The molecule has 4 N–H and O–H groups in total. The lowest BCUT2D eigenvalue weighted by Gasteiger charge is -2.19. The lowest BCUT2D eigenvalue weighted by molar-refractivity contribution is 0.407. The number of nitrogens with one attached hydrogen (secondary N) is 2. The zero-order valence-electron chi connectivity index (χ0n) is 44.0. The van der Waals surface area contributed by atoms with Gasteiger partial charge in [-0.25, -0.2) is 4.39 Å². The van der Waals surface area contributed by atoms with Crippen LogP contribution in [0.5, 0.6) is 0 Å². The Bertz CT molecular complexity index is 628. The predicted octanol–water partition coefficient (Wildman–Crippen LogP) is 18.2. The Labute approximate surface area is 362 Å². The molecule has 1 aliphatic rings. The van der Waals surface area contributed by atoms with Gasteiger partial charge in [0.1, 0.15) is 0 Å². The minimum absolute atomic E-state index is 0. The van der Waals surface area contributed by atoms with E-state index in [0.717, 1.165) is 62.1 Å². The van der Waals surface area contributed by atoms with Gasteiger partial charge in [-0.2, -0.15) is 0 Å². The van der Waals surface area contributed by atoms with Crippen LogP contribution in [0.25, 0.3) is 0 Å². The monoisotopic (exact) mass is 806 g/mol. The van der Waals surface area contributed by atoms with Crippen molar-refractivity contribution in [2.24, 2.45) is 35.3 Å². The number of unbranched alkanes of at least 4 members (excludes halogenated alkanes) is 2. The van der Waals surface area contributed by atoms with Gasteiger partial charge in [0.05, 0.1) is 6.33 Å². The van der Waals surface area contributed by atoms with Crippen LogP contribution in [0.3, 0.4) is 0 Å². The zero-order valence-corrected chi connectivity index (χ0v) is 44.0. The second kappa shape index (κ2) is 85.8. The Balaban J connectivity index is -0.0000000494. The van der Waals surface area contributed by atoms with Crippen molar-refractivity contribution in [2.45, 2.75) is 236 Å². The van der Waals surface area contributed by atoms with Gasteiger partial charge in [-0.3, -0.25) is 0 Å². The summed E-state index contributed by atoms with van der Waals surface area (Å²) in [5.41, 5.74) is 6.45. The molecule has 0 spiro atoms. The van der Waals surface area contributed by atoms with E-state index in [0.29, 0.717) is 12.4 Å². The van der Waals surface area contributed by atoms with E-state index < -0.39 is 0 Å². The average molecular weight is 807 g/mol. The van der Waals surface area contributed by atoms with Crippen LogP contribution in [0.2, 0.25) is 0 Å². The summed E-state index contributed by atoms with van der Waals surface area (Å²) in [5, 5.41) is 6.59. The van der Waals surface area contributed by atoms with Crippen LogP contribution in [0.15, 0.2) is 48.9 Å². The number of hydrogen-bond acceptors (Lipinski definition) is 3. The average Bonchev–Trinajstić information content (AvgIpc) is 3.17. The number of nitrogens with two attached hydrogens (primary N) is 1. The molecule has 0 aromatic rings. The van der Waals surface area contributed by atoms with E-state index in [-0.39, 0.29) is 1.43 Å². The first-order valence-corrected chi connectivity index (χ1v) is 23.9. The first-order chi connectivity index (χ1) is 26.6. The highest BCUT2D eigenvalue weighted by Gasteiger charge is 2.10. The molecule has 0 heterocycles. The molecule has 0 bridgehead atoms. The van der Waals surface area contributed by atoms with Gasteiger partial charge < -0.3 is 16.4 Å². The maximum atomic E-state index is 10.8. The number of hydrogen-bond donors (Lipinski definition) is 3. The van der Waals surface area contributed by atoms with Crippen LogP contribution in [0.1, 0.15) is 231 Å². The summed E-state index contributed by atoms with van der Waals surface area (Å²) in [6, 6.07) is 0.639. The SMILES string of the molecule is C=CCCC(CCC1=CC=CC(C)C1)NC.CC.CC.CC.CC(C)C.CC(C)C.CC/C=C/F.CCC(C)C(C)C.CCCCC.CCCNCC.CCN.[HH]. The van der Waals surface area contributed by atoms with Crippen molar-refractivity contribution in [3.8, 4) is 0 Å². The Morgan fingerprint density at radius 3 is 1.46 bits per heavy atom. The standard InChI is InChI=1S/C15H25N.C7H16.C5H13N.C5H12.C4H7F.2C4H10.C2H7N.3C2H6.H2/c1-4-5-9-15(16-3)11-10-14-8-6-7-13(2)12-14;1-5-7(4)6(2)3;1-3-5-6-4-2;1-3-5-4-2;1-2-3-4-5;2*1-4(2)3;1-2-3;3*1-2;/h4,6-8,13,15-16H,1,5,9-12H2,2-3H3;6-7H,5H2,1-4H3;6H,3-5H2,1-2H3;3-5H2,1-2H3;3-4H,2H2,1H3;2*4H,1-3H3;2-3H2,1H3;3*1-2H3;1H/b;;;;4-3+;;;;;;;. The molecule has 0 aromatic heterocycles. The number of halogens is 1. The molecule has 4 heteroatoms. The molecule has 0 saturated carbocycles. The fraction of sp³-hybridized carbons (Fsp3) is 0.846. The van der Waals surface area contributed by atoms with E-state index >= 15 is 0 Å².